The van der Waals surface area contributed by atoms with E-state index in [2.05, 4.69) is 17.0 Å². The van der Waals surface area contributed by atoms with Crippen molar-refractivity contribution in [2.24, 2.45) is 5.84 Å². The Morgan fingerprint density at radius 3 is 2.33 bits per heavy atom. The van der Waals surface area contributed by atoms with Crippen molar-refractivity contribution in [3.8, 4) is 5.75 Å². The lowest BCUT2D eigenvalue weighted by Crippen LogP contribution is -2.49. The first-order chi connectivity index (χ1) is 8.79. The number of nitrogens with two attached hydrogens (primary N) is 1. The Morgan fingerprint density at radius 2 is 1.72 bits per heavy atom. The lowest BCUT2D eigenvalue weighted by Gasteiger charge is -2.33. The normalized spacial score (nSPS) is 16.9. The average Bonchev–Trinajstić information content (AvgIpc) is 2.41. The minimum Gasteiger partial charge on any atom is -0.491 e. The van der Waals surface area contributed by atoms with Gasteiger partial charge in [0.2, 0.25) is 0 Å². The molecule has 0 saturated carbocycles. The van der Waals surface area contributed by atoms with Gasteiger partial charge in [-0.05, 0) is 24.3 Å². The third-order valence-electron chi connectivity index (χ3n) is 3.07. The molecule has 1 saturated heterocycles. The van der Waals surface area contributed by atoms with Crippen LogP contribution < -0.4 is 15.5 Å². The minimum atomic E-state index is 0.585. The van der Waals surface area contributed by atoms with Gasteiger partial charge in [-0.2, -0.15) is 0 Å². The van der Waals surface area contributed by atoms with E-state index in [0.29, 0.717) is 13.2 Å². The second-order valence-electron chi connectivity index (χ2n) is 4.36. The number of hydrogen-bond acceptors (Lipinski definition) is 5. The van der Waals surface area contributed by atoms with Crippen LogP contribution in [-0.2, 0) is 4.74 Å². The predicted octanol–water partition coefficient (Wildman–Crippen LogP) is 0.708. The number of ether oxygens (including phenoxy) is 2. The summed E-state index contributed by atoms with van der Waals surface area (Å²) in [6.45, 7) is 4.96. The molecule has 0 aromatic heterocycles. The Morgan fingerprint density at radius 1 is 1.06 bits per heavy atom. The highest BCUT2D eigenvalue weighted by molar-refractivity contribution is 5.49. The summed E-state index contributed by atoms with van der Waals surface area (Å²) in [7, 11) is 1.67. The molecule has 5 heteroatoms. The highest BCUT2D eigenvalue weighted by atomic mass is 16.5. The third-order valence-corrected chi connectivity index (χ3v) is 3.07. The maximum atomic E-state index is 5.74. The maximum Gasteiger partial charge on any atom is 0.119 e. The van der Waals surface area contributed by atoms with Gasteiger partial charge in [0.15, 0.2) is 0 Å². The Labute approximate surface area is 108 Å². The molecule has 100 valence electrons. The van der Waals surface area contributed by atoms with Crippen molar-refractivity contribution in [2.75, 3.05) is 51.4 Å². The summed E-state index contributed by atoms with van der Waals surface area (Å²) >= 11 is 0. The van der Waals surface area contributed by atoms with E-state index in [0.717, 1.165) is 31.9 Å². The minimum absolute atomic E-state index is 0.585. The summed E-state index contributed by atoms with van der Waals surface area (Å²) in [5, 5.41) is 1.86. The van der Waals surface area contributed by atoms with Crippen molar-refractivity contribution in [1.82, 2.24) is 5.01 Å². The zero-order chi connectivity index (χ0) is 12.8. The number of benzene rings is 1. The number of hydrogen-bond donors (Lipinski definition) is 1. The predicted molar refractivity (Wildman–Crippen MR) is 71.8 cm³/mol. The first kappa shape index (κ1) is 13.1. The first-order valence-electron chi connectivity index (χ1n) is 6.26. The van der Waals surface area contributed by atoms with Crippen molar-refractivity contribution in [2.45, 2.75) is 0 Å². The van der Waals surface area contributed by atoms with E-state index in [1.807, 2.05) is 17.1 Å². The van der Waals surface area contributed by atoms with Gasteiger partial charge < -0.3 is 14.4 Å². The van der Waals surface area contributed by atoms with Gasteiger partial charge in [0, 0.05) is 39.0 Å². The van der Waals surface area contributed by atoms with Gasteiger partial charge >= 0.3 is 0 Å². The van der Waals surface area contributed by atoms with E-state index in [4.69, 9.17) is 15.3 Å². The smallest absolute Gasteiger partial charge is 0.119 e. The number of methoxy groups -OCH3 is 1. The van der Waals surface area contributed by atoms with E-state index in [9.17, 15) is 0 Å². The molecule has 0 bridgehead atoms. The van der Waals surface area contributed by atoms with Crippen molar-refractivity contribution in [3.63, 3.8) is 0 Å². The number of hydrazine groups is 1. The van der Waals surface area contributed by atoms with Gasteiger partial charge in [-0.25, -0.2) is 5.01 Å². The van der Waals surface area contributed by atoms with Crippen LogP contribution >= 0.6 is 0 Å². The molecule has 2 rings (SSSR count). The lowest BCUT2D eigenvalue weighted by atomic mass is 10.2. The molecule has 1 aliphatic rings. The molecule has 1 aromatic carbocycles. The second-order valence-corrected chi connectivity index (χ2v) is 4.36. The van der Waals surface area contributed by atoms with E-state index < -0.39 is 0 Å². The van der Waals surface area contributed by atoms with Crippen LogP contribution in [0.1, 0.15) is 0 Å². The van der Waals surface area contributed by atoms with Crippen molar-refractivity contribution in [3.05, 3.63) is 24.3 Å². The molecule has 5 nitrogen and oxygen atoms in total. The molecule has 1 heterocycles. The molecular weight excluding hydrogens is 230 g/mol. The fourth-order valence-corrected chi connectivity index (χ4v) is 1.98. The van der Waals surface area contributed by atoms with Gasteiger partial charge in [0.25, 0.3) is 0 Å². The molecule has 0 amide bonds. The highest BCUT2D eigenvalue weighted by Gasteiger charge is 2.14. The molecule has 0 radical (unpaired) electrons. The number of nitrogens with zero attached hydrogens (tertiary/aromatic N) is 2. The van der Waals surface area contributed by atoms with Crippen LogP contribution in [0, 0.1) is 0 Å². The van der Waals surface area contributed by atoms with Crippen LogP contribution in [0.2, 0.25) is 0 Å². The van der Waals surface area contributed by atoms with Gasteiger partial charge in [-0.1, -0.05) is 0 Å². The summed E-state index contributed by atoms with van der Waals surface area (Å²) in [6, 6.07) is 8.18. The fourth-order valence-electron chi connectivity index (χ4n) is 1.98. The van der Waals surface area contributed by atoms with Gasteiger partial charge in [-0.15, -0.1) is 0 Å². The van der Waals surface area contributed by atoms with E-state index in [1.54, 1.807) is 7.11 Å². The molecule has 1 aromatic rings. The third kappa shape index (κ3) is 3.60. The van der Waals surface area contributed by atoms with E-state index >= 15 is 0 Å². The summed E-state index contributed by atoms with van der Waals surface area (Å²) in [5.41, 5.74) is 1.22. The monoisotopic (exact) mass is 251 g/mol. The van der Waals surface area contributed by atoms with Crippen LogP contribution in [0.15, 0.2) is 24.3 Å². The molecule has 0 spiro atoms. The molecule has 2 N–H and O–H groups in total. The lowest BCUT2D eigenvalue weighted by molar-refractivity contribution is 0.146. The Hall–Kier alpha value is -1.30. The van der Waals surface area contributed by atoms with Crippen LogP contribution in [0.25, 0.3) is 0 Å². The van der Waals surface area contributed by atoms with Crippen molar-refractivity contribution >= 4 is 5.69 Å². The van der Waals surface area contributed by atoms with Crippen LogP contribution in [0.5, 0.6) is 5.75 Å². The number of rotatable bonds is 5. The first-order valence-corrected chi connectivity index (χ1v) is 6.26. The SMILES string of the molecule is COCCOc1ccc(N2CCN(N)CC2)cc1. The zero-order valence-electron chi connectivity index (χ0n) is 10.8. The van der Waals surface area contributed by atoms with Gasteiger partial charge in [-0.3, -0.25) is 5.84 Å². The maximum absolute atomic E-state index is 5.74. The average molecular weight is 251 g/mol. The van der Waals surface area contributed by atoms with E-state index in [-0.39, 0.29) is 0 Å². The van der Waals surface area contributed by atoms with Crippen molar-refractivity contribution in [1.29, 1.82) is 0 Å². The summed E-state index contributed by atoms with van der Waals surface area (Å²) in [6.07, 6.45) is 0. The standard InChI is InChI=1S/C13H21N3O2/c1-17-10-11-18-13-4-2-12(3-5-13)15-6-8-16(14)9-7-15/h2-5H,6-11,14H2,1H3. The Balaban J connectivity index is 1.87. The zero-order valence-corrected chi connectivity index (χ0v) is 10.8. The van der Waals surface area contributed by atoms with Crippen LogP contribution in [-0.4, -0.2) is 51.5 Å². The quantitative estimate of drug-likeness (QED) is 0.617. The molecule has 1 aliphatic heterocycles. The van der Waals surface area contributed by atoms with Crippen LogP contribution in [0.3, 0.4) is 0 Å². The topological polar surface area (TPSA) is 51.0 Å². The van der Waals surface area contributed by atoms with Gasteiger partial charge in [0.05, 0.1) is 6.61 Å². The molecule has 1 fully saturated rings. The highest BCUT2D eigenvalue weighted by Crippen LogP contribution is 2.20. The number of anilines is 1. The van der Waals surface area contributed by atoms with Crippen molar-refractivity contribution < 1.29 is 9.47 Å². The molecule has 0 aliphatic carbocycles. The summed E-state index contributed by atoms with van der Waals surface area (Å²) in [5.74, 6) is 6.62. The molecule has 0 unspecified atom stereocenters. The van der Waals surface area contributed by atoms with Gasteiger partial charge in [0.1, 0.15) is 12.4 Å². The van der Waals surface area contributed by atoms with Crippen LogP contribution in [0.4, 0.5) is 5.69 Å². The van der Waals surface area contributed by atoms with E-state index in [1.165, 1.54) is 5.69 Å². The molecule has 18 heavy (non-hydrogen) atoms. The Bertz CT molecular complexity index is 348. The summed E-state index contributed by atoms with van der Waals surface area (Å²) < 4.78 is 10.5. The molecule has 0 atom stereocenters. The second kappa shape index (κ2) is 6.58. The number of piperazine rings is 1. The summed E-state index contributed by atoms with van der Waals surface area (Å²) in [4.78, 5) is 2.34. The molecular formula is C13H21N3O2. The largest absolute Gasteiger partial charge is 0.491 e. The Kier molecular flexibility index (Phi) is 4.81. The fraction of sp³-hybridized carbons (Fsp3) is 0.538.